The van der Waals surface area contributed by atoms with Crippen molar-refractivity contribution in [1.82, 2.24) is 5.32 Å². The second-order valence-corrected chi connectivity index (χ2v) is 7.85. The monoisotopic (exact) mass is 397 g/mol. The van der Waals surface area contributed by atoms with Gasteiger partial charge in [0.25, 0.3) is 21.9 Å². The molecule has 0 heterocycles. The van der Waals surface area contributed by atoms with Gasteiger partial charge in [-0.1, -0.05) is 12.1 Å². The summed E-state index contributed by atoms with van der Waals surface area (Å²) in [6.45, 7) is 1.74. The van der Waals surface area contributed by atoms with Crippen molar-refractivity contribution in [2.75, 3.05) is 17.8 Å². The minimum absolute atomic E-state index is 0.123. The average molecular weight is 397 g/mol. The fourth-order valence-electron chi connectivity index (χ4n) is 2.28. The van der Waals surface area contributed by atoms with E-state index < -0.39 is 34.9 Å². The van der Waals surface area contributed by atoms with Crippen molar-refractivity contribution >= 4 is 21.6 Å². The average Bonchev–Trinajstić information content (AvgIpc) is 2.62. The summed E-state index contributed by atoms with van der Waals surface area (Å²) in [6.07, 6.45) is 0. The quantitative estimate of drug-likeness (QED) is 0.668. The second-order valence-electron chi connectivity index (χ2n) is 6.19. The van der Waals surface area contributed by atoms with Gasteiger partial charge >= 0.3 is 0 Å². The molecule has 27 heavy (non-hydrogen) atoms. The van der Waals surface area contributed by atoms with E-state index in [4.69, 9.17) is 5.73 Å². The molecule has 0 bridgehead atoms. The van der Waals surface area contributed by atoms with E-state index in [2.05, 4.69) is 10.0 Å². The first-order chi connectivity index (χ1) is 12.5. The van der Waals surface area contributed by atoms with Crippen LogP contribution in [-0.2, 0) is 10.0 Å². The molecule has 146 valence electrons. The Hall–Kier alpha value is -2.52. The summed E-state index contributed by atoms with van der Waals surface area (Å²) in [4.78, 5) is 12.0. The molecule has 2 rings (SSSR count). The molecule has 0 fully saturated rings. The summed E-state index contributed by atoms with van der Waals surface area (Å²) in [5.74, 6) is -3.89. The molecule has 0 radical (unpaired) electrons. The van der Waals surface area contributed by atoms with Crippen LogP contribution in [0.4, 0.5) is 14.5 Å². The van der Waals surface area contributed by atoms with Crippen LogP contribution >= 0.6 is 0 Å². The molecule has 0 saturated carbocycles. The maximum atomic E-state index is 13.1. The molecule has 0 aromatic heterocycles. The van der Waals surface area contributed by atoms with Gasteiger partial charge < -0.3 is 11.1 Å². The van der Waals surface area contributed by atoms with Gasteiger partial charge in [-0.3, -0.25) is 9.52 Å². The number of nitrogens with one attached hydrogen (secondary N) is 2. The van der Waals surface area contributed by atoms with E-state index in [9.17, 15) is 22.0 Å². The number of carbonyl (C=O) groups is 1. The highest BCUT2D eigenvalue weighted by Gasteiger charge is 2.27. The zero-order valence-corrected chi connectivity index (χ0v) is 15.7. The van der Waals surface area contributed by atoms with Gasteiger partial charge in [0.05, 0.1) is 18.0 Å². The van der Waals surface area contributed by atoms with Crippen LogP contribution < -0.4 is 15.8 Å². The molecule has 0 aliphatic carbocycles. The lowest BCUT2D eigenvalue weighted by Crippen LogP contribution is -2.41. The Kier molecular flexibility index (Phi) is 6.17. The van der Waals surface area contributed by atoms with Gasteiger partial charge in [0, 0.05) is 11.3 Å². The lowest BCUT2D eigenvalue weighted by Gasteiger charge is -2.15. The highest BCUT2D eigenvalue weighted by molar-refractivity contribution is 7.92. The van der Waals surface area contributed by atoms with Gasteiger partial charge in [0.1, 0.15) is 0 Å². The van der Waals surface area contributed by atoms with Crippen molar-refractivity contribution in [3.05, 3.63) is 59.2 Å². The molecule has 0 aliphatic rings. The van der Waals surface area contributed by atoms with Crippen molar-refractivity contribution in [3.63, 3.8) is 0 Å². The van der Waals surface area contributed by atoms with Gasteiger partial charge in [-0.15, -0.1) is 0 Å². The van der Waals surface area contributed by atoms with Crippen molar-refractivity contribution in [2.24, 2.45) is 5.73 Å². The van der Waals surface area contributed by atoms with Crippen LogP contribution in [0.2, 0.25) is 0 Å². The number of amides is 1. The van der Waals surface area contributed by atoms with Gasteiger partial charge in [0.15, 0.2) is 0 Å². The molecule has 2 aromatic rings. The Morgan fingerprint density at radius 1 is 1.11 bits per heavy atom. The number of anilines is 1. The van der Waals surface area contributed by atoms with Crippen molar-refractivity contribution in [2.45, 2.75) is 24.7 Å². The minimum atomic E-state index is -3.80. The summed E-state index contributed by atoms with van der Waals surface area (Å²) in [7, 11) is -3.80. The molecule has 0 atom stereocenters. The molecule has 0 saturated heterocycles. The van der Waals surface area contributed by atoms with Crippen LogP contribution in [-0.4, -0.2) is 33.3 Å². The van der Waals surface area contributed by atoms with E-state index in [1.807, 2.05) is 6.07 Å². The van der Waals surface area contributed by atoms with Crippen LogP contribution in [0.5, 0.6) is 0 Å². The maximum absolute atomic E-state index is 13.1. The number of carbonyl (C=O) groups excluding carboxylic acids is 1. The Bertz CT molecular complexity index is 929. The highest BCUT2D eigenvalue weighted by Crippen LogP contribution is 2.21. The molecule has 9 heteroatoms. The lowest BCUT2D eigenvalue weighted by atomic mass is 10.2. The fraction of sp³-hybridized carbons (Fsp3) is 0.278. The third-order valence-corrected chi connectivity index (χ3v) is 5.36. The summed E-state index contributed by atoms with van der Waals surface area (Å²) < 4.78 is 53.7. The van der Waals surface area contributed by atoms with Crippen molar-refractivity contribution < 1.29 is 22.0 Å². The summed E-state index contributed by atoms with van der Waals surface area (Å²) >= 11 is 0. The summed E-state index contributed by atoms with van der Waals surface area (Å²) in [6, 6.07) is 10.6. The number of hydrogen-bond donors (Lipinski definition) is 3. The first kappa shape index (κ1) is 20.8. The number of benzene rings is 2. The maximum Gasteiger partial charge on any atom is 0.277 e. The van der Waals surface area contributed by atoms with Gasteiger partial charge in [0.2, 0.25) is 0 Å². The smallest absolute Gasteiger partial charge is 0.277 e. The van der Waals surface area contributed by atoms with Crippen molar-refractivity contribution in [1.29, 1.82) is 0 Å². The highest BCUT2D eigenvalue weighted by atomic mass is 32.2. The SMILES string of the molecule is Cc1ccc(C)c(S(=O)(=O)Nc2ccc(C(=O)NCC(F)(F)CN)cc2)c1. The van der Waals surface area contributed by atoms with E-state index in [1.165, 1.54) is 24.3 Å². The van der Waals surface area contributed by atoms with Crippen LogP contribution in [0.3, 0.4) is 0 Å². The van der Waals surface area contributed by atoms with Crippen LogP contribution in [0, 0.1) is 13.8 Å². The molecule has 0 spiro atoms. The molecule has 6 nitrogen and oxygen atoms in total. The lowest BCUT2D eigenvalue weighted by molar-refractivity contribution is 0.0118. The predicted octanol–water partition coefficient (Wildman–Crippen LogP) is 2.43. The molecule has 2 aromatic carbocycles. The third kappa shape index (κ3) is 5.48. The number of hydrogen-bond acceptors (Lipinski definition) is 4. The molecule has 0 aliphatic heterocycles. The number of sulfonamides is 1. The minimum Gasteiger partial charge on any atom is -0.346 e. The van der Waals surface area contributed by atoms with Gasteiger partial charge in [-0.05, 0) is 55.3 Å². The fourth-order valence-corrected chi connectivity index (χ4v) is 3.67. The van der Waals surface area contributed by atoms with Crippen LogP contribution in [0.15, 0.2) is 47.4 Å². The largest absolute Gasteiger partial charge is 0.346 e. The Morgan fingerprint density at radius 2 is 1.74 bits per heavy atom. The topological polar surface area (TPSA) is 101 Å². The first-order valence-corrected chi connectivity index (χ1v) is 9.59. The van der Waals surface area contributed by atoms with Gasteiger partial charge in [-0.25, -0.2) is 17.2 Å². The first-order valence-electron chi connectivity index (χ1n) is 8.10. The van der Waals surface area contributed by atoms with E-state index in [-0.39, 0.29) is 16.1 Å². The molecule has 0 unspecified atom stereocenters. The number of nitrogens with two attached hydrogens (primary N) is 1. The zero-order valence-electron chi connectivity index (χ0n) is 14.9. The summed E-state index contributed by atoms with van der Waals surface area (Å²) in [5, 5.41) is 2.09. The van der Waals surface area contributed by atoms with E-state index in [1.54, 1.807) is 26.0 Å². The number of alkyl halides is 2. The molecular weight excluding hydrogens is 376 g/mol. The predicted molar refractivity (Wildman–Crippen MR) is 99.5 cm³/mol. The Balaban J connectivity index is 2.11. The number of halogens is 2. The second kappa shape index (κ2) is 8.01. The van der Waals surface area contributed by atoms with Crippen LogP contribution in [0.1, 0.15) is 21.5 Å². The third-order valence-electron chi connectivity index (χ3n) is 3.84. The van der Waals surface area contributed by atoms with Gasteiger partial charge in [-0.2, -0.15) is 0 Å². The van der Waals surface area contributed by atoms with E-state index in [0.29, 0.717) is 5.56 Å². The molecule has 1 amide bonds. The van der Waals surface area contributed by atoms with E-state index >= 15 is 0 Å². The van der Waals surface area contributed by atoms with E-state index in [0.717, 1.165) is 5.56 Å². The van der Waals surface area contributed by atoms with Crippen molar-refractivity contribution in [3.8, 4) is 0 Å². The normalized spacial score (nSPS) is 11.9. The number of aryl methyl sites for hydroxylation is 2. The molecular formula is C18H21F2N3O3S. The Labute approximate surface area is 156 Å². The standard InChI is InChI=1S/C18H21F2N3O3S/c1-12-3-4-13(2)16(9-12)27(25,26)23-15-7-5-14(6-8-15)17(24)22-11-18(19,20)10-21/h3-9,23H,10-11,21H2,1-2H3,(H,22,24). The Morgan fingerprint density at radius 3 is 2.33 bits per heavy atom. The van der Waals surface area contributed by atoms with Crippen LogP contribution in [0.25, 0.3) is 0 Å². The zero-order chi connectivity index (χ0) is 20.2. The number of rotatable bonds is 7. The summed E-state index contributed by atoms with van der Waals surface area (Å²) in [5.41, 5.74) is 6.69. The molecule has 4 N–H and O–H groups in total.